The Bertz CT molecular complexity index is 771. The highest BCUT2D eigenvalue weighted by Gasteiger charge is 2.07. The lowest BCUT2D eigenvalue weighted by molar-refractivity contribution is -0.115. The Morgan fingerprint density at radius 3 is 2.46 bits per heavy atom. The maximum absolute atomic E-state index is 12.1. The summed E-state index contributed by atoms with van der Waals surface area (Å²) in [5.74, 6) is -0.541. The highest BCUT2D eigenvalue weighted by atomic mass is 35.5. The van der Waals surface area contributed by atoms with E-state index in [4.69, 9.17) is 23.2 Å². The number of carbonyl (C=O) groups is 2. The minimum absolute atomic E-state index is 0.126. The average molecular weight is 364 g/mol. The summed E-state index contributed by atoms with van der Waals surface area (Å²) >= 11 is 12.0. The van der Waals surface area contributed by atoms with Gasteiger partial charge < -0.3 is 5.32 Å². The van der Waals surface area contributed by atoms with Crippen molar-refractivity contribution in [3.05, 3.63) is 63.6 Å². The molecule has 0 aromatic heterocycles. The fourth-order valence-corrected chi connectivity index (χ4v) is 2.34. The number of amides is 2. The zero-order valence-electron chi connectivity index (χ0n) is 12.8. The first-order chi connectivity index (χ1) is 11.5. The van der Waals surface area contributed by atoms with E-state index >= 15 is 0 Å². The second-order valence-corrected chi connectivity index (χ2v) is 5.63. The van der Waals surface area contributed by atoms with Gasteiger partial charge in [0.2, 0.25) is 5.91 Å². The number of hydrogen-bond acceptors (Lipinski definition) is 3. The molecule has 0 radical (unpaired) electrons. The van der Waals surface area contributed by atoms with E-state index < -0.39 is 5.91 Å². The van der Waals surface area contributed by atoms with E-state index in [9.17, 15) is 9.59 Å². The summed E-state index contributed by atoms with van der Waals surface area (Å²) in [5, 5.41) is 7.43. The van der Waals surface area contributed by atoms with Crippen LogP contribution < -0.4 is 10.7 Å². The van der Waals surface area contributed by atoms with Crippen LogP contribution in [0.1, 0.15) is 29.3 Å². The number of nitrogens with one attached hydrogen (secondary N) is 2. The largest absolute Gasteiger partial charge is 0.326 e. The molecule has 2 amide bonds. The van der Waals surface area contributed by atoms with Crippen LogP contribution in [0, 0.1) is 0 Å². The molecule has 0 aliphatic rings. The fraction of sp³-hybridized carbons (Fsp3) is 0.118. The highest BCUT2D eigenvalue weighted by molar-refractivity contribution is 6.38. The van der Waals surface area contributed by atoms with E-state index in [1.54, 1.807) is 49.4 Å². The lowest BCUT2D eigenvalue weighted by Gasteiger charge is -2.06. The Hall–Kier alpha value is -2.37. The average Bonchev–Trinajstić information content (AvgIpc) is 2.57. The van der Waals surface area contributed by atoms with Gasteiger partial charge in [0.1, 0.15) is 0 Å². The minimum atomic E-state index is -0.415. The summed E-state index contributed by atoms with van der Waals surface area (Å²) < 4.78 is 0. The molecule has 0 saturated carbocycles. The maximum atomic E-state index is 12.1. The molecule has 0 fully saturated rings. The molecule has 2 aromatic rings. The molecule has 0 heterocycles. The smallest absolute Gasteiger partial charge is 0.271 e. The van der Waals surface area contributed by atoms with Crippen LogP contribution in [0.2, 0.25) is 10.0 Å². The van der Waals surface area contributed by atoms with Crippen molar-refractivity contribution in [1.29, 1.82) is 0 Å². The van der Waals surface area contributed by atoms with Crippen molar-refractivity contribution in [3.8, 4) is 0 Å². The summed E-state index contributed by atoms with van der Waals surface area (Å²) in [6, 6.07) is 11.6. The van der Waals surface area contributed by atoms with Gasteiger partial charge in [-0.2, -0.15) is 5.10 Å². The molecule has 2 N–H and O–H groups in total. The van der Waals surface area contributed by atoms with E-state index in [-0.39, 0.29) is 5.91 Å². The van der Waals surface area contributed by atoms with Crippen LogP contribution in [0.15, 0.2) is 47.6 Å². The van der Waals surface area contributed by atoms with Gasteiger partial charge in [-0.25, -0.2) is 5.43 Å². The molecule has 0 atom stereocenters. The Morgan fingerprint density at radius 2 is 1.79 bits per heavy atom. The Kier molecular flexibility index (Phi) is 6.35. The lowest BCUT2D eigenvalue weighted by Crippen LogP contribution is -2.18. The number of rotatable bonds is 5. The first kappa shape index (κ1) is 18.0. The third kappa shape index (κ3) is 4.81. The quantitative estimate of drug-likeness (QED) is 0.619. The third-order valence-corrected chi connectivity index (χ3v) is 3.75. The molecule has 0 aliphatic carbocycles. The van der Waals surface area contributed by atoms with Crippen LogP contribution in [0.4, 0.5) is 5.69 Å². The van der Waals surface area contributed by atoms with Crippen molar-refractivity contribution in [2.24, 2.45) is 5.10 Å². The van der Waals surface area contributed by atoms with Gasteiger partial charge in [0.25, 0.3) is 5.91 Å². The lowest BCUT2D eigenvalue weighted by atomic mass is 10.2. The normalized spacial score (nSPS) is 10.6. The Morgan fingerprint density at radius 1 is 1.12 bits per heavy atom. The summed E-state index contributed by atoms with van der Waals surface area (Å²) in [6.07, 6.45) is 1.74. The highest BCUT2D eigenvalue weighted by Crippen LogP contribution is 2.22. The standard InChI is InChI=1S/C17H15Cl2N3O2/c1-2-16(23)21-12-6-3-5-11(9-12)17(24)22-20-10-13-14(18)7-4-8-15(13)19/h3-10H,2H2,1H3,(H,21,23)(H,22,24)/b20-10+. The SMILES string of the molecule is CCC(=O)Nc1cccc(C(=O)N/N=C/c2c(Cl)cccc2Cl)c1. The molecule has 0 unspecified atom stereocenters. The third-order valence-electron chi connectivity index (χ3n) is 3.09. The molecule has 0 aliphatic heterocycles. The molecule has 0 bridgehead atoms. The zero-order valence-corrected chi connectivity index (χ0v) is 14.4. The number of hydrazone groups is 1. The molecule has 7 heteroatoms. The molecule has 2 rings (SSSR count). The first-order valence-electron chi connectivity index (χ1n) is 7.18. The number of halogens is 2. The zero-order chi connectivity index (χ0) is 17.5. The predicted molar refractivity (Wildman–Crippen MR) is 96.9 cm³/mol. The van der Waals surface area contributed by atoms with Crippen molar-refractivity contribution in [3.63, 3.8) is 0 Å². The van der Waals surface area contributed by atoms with Gasteiger partial charge in [-0.15, -0.1) is 0 Å². The molecule has 5 nitrogen and oxygen atoms in total. The van der Waals surface area contributed by atoms with E-state index in [1.807, 2.05) is 0 Å². The maximum Gasteiger partial charge on any atom is 0.271 e. The van der Waals surface area contributed by atoms with Gasteiger partial charge >= 0.3 is 0 Å². The van der Waals surface area contributed by atoms with Crippen LogP contribution in [0.25, 0.3) is 0 Å². The second kappa shape index (κ2) is 8.47. The molecule has 2 aromatic carbocycles. The van der Waals surface area contributed by atoms with Gasteiger partial charge in [0.15, 0.2) is 0 Å². The number of nitrogens with zero attached hydrogens (tertiary/aromatic N) is 1. The predicted octanol–water partition coefficient (Wildman–Crippen LogP) is 4.11. The van der Waals surface area contributed by atoms with Crippen molar-refractivity contribution in [2.75, 3.05) is 5.32 Å². The van der Waals surface area contributed by atoms with E-state index in [1.165, 1.54) is 6.21 Å². The fourth-order valence-electron chi connectivity index (χ4n) is 1.84. The Balaban J connectivity index is 2.06. The van der Waals surface area contributed by atoms with Gasteiger partial charge in [-0.3, -0.25) is 9.59 Å². The monoisotopic (exact) mass is 363 g/mol. The van der Waals surface area contributed by atoms with E-state index in [0.717, 1.165) is 0 Å². The summed E-state index contributed by atoms with van der Waals surface area (Å²) in [7, 11) is 0. The molecular weight excluding hydrogens is 349 g/mol. The summed E-state index contributed by atoms with van der Waals surface area (Å²) in [6.45, 7) is 1.75. The number of anilines is 1. The molecular formula is C17H15Cl2N3O2. The summed E-state index contributed by atoms with van der Waals surface area (Å²) in [4.78, 5) is 23.5. The van der Waals surface area contributed by atoms with Crippen molar-refractivity contribution in [2.45, 2.75) is 13.3 Å². The van der Waals surface area contributed by atoms with Gasteiger partial charge in [-0.1, -0.05) is 42.3 Å². The topological polar surface area (TPSA) is 70.6 Å². The number of benzene rings is 2. The second-order valence-electron chi connectivity index (χ2n) is 4.82. The molecule has 0 saturated heterocycles. The first-order valence-corrected chi connectivity index (χ1v) is 7.94. The minimum Gasteiger partial charge on any atom is -0.326 e. The van der Waals surface area contributed by atoms with Crippen molar-refractivity contribution >= 4 is 46.9 Å². The van der Waals surface area contributed by atoms with Crippen molar-refractivity contribution in [1.82, 2.24) is 5.43 Å². The van der Waals surface area contributed by atoms with Gasteiger partial charge in [-0.05, 0) is 30.3 Å². The van der Waals surface area contributed by atoms with Crippen LogP contribution in [0.3, 0.4) is 0 Å². The van der Waals surface area contributed by atoms with Crippen LogP contribution in [-0.4, -0.2) is 18.0 Å². The van der Waals surface area contributed by atoms with Crippen molar-refractivity contribution < 1.29 is 9.59 Å². The Labute approximate surface area is 149 Å². The van der Waals surface area contributed by atoms with Crippen LogP contribution in [0.5, 0.6) is 0 Å². The number of carbonyl (C=O) groups excluding carboxylic acids is 2. The molecule has 124 valence electrons. The van der Waals surface area contributed by atoms with Crippen LogP contribution in [-0.2, 0) is 4.79 Å². The van der Waals surface area contributed by atoms with E-state index in [0.29, 0.717) is 33.3 Å². The van der Waals surface area contributed by atoms with Crippen LogP contribution >= 0.6 is 23.2 Å². The van der Waals surface area contributed by atoms with Gasteiger partial charge in [0, 0.05) is 23.2 Å². The summed E-state index contributed by atoms with van der Waals surface area (Å²) in [5.41, 5.74) is 3.83. The van der Waals surface area contributed by atoms with E-state index in [2.05, 4.69) is 15.8 Å². The van der Waals surface area contributed by atoms with Gasteiger partial charge in [0.05, 0.1) is 16.3 Å². The molecule has 0 spiro atoms. The molecule has 24 heavy (non-hydrogen) atoms. The number of hydrogen-bond donors (Lipinski definition) is 2.